The second-order valence-corrected chi connectivity index (χ2v) is 3.34. The SMILES string of the molecule is C=CC(C)Oc1ccc(OC)cc1B(O)O. The molecule has 0 radical (unpaired) electrons. The van der Waals surface area contributed by atoms with Gasteiger partial charge in [0.15, 0.2) is 0 Å². The lowest BCUT2D eigenvalue weighted by molar-refractivity contribution is 0.270. The third kappa shape index (κ3) is 3.02. The first-order chi connectivity index (χ1) is 7.58. The van der Waals surface area contributed by atoms with Gasteiger partial charge >= 0.3 is 7.12 Å². The van der Waals surface area contributed by atoms with Gasteiger partial charge in [-0.1, -0.05) is 12.7 Å². The summed E-state index contributed by atoms with van der Waals surface area (Å²) in [6.45, 7) is 5.40. The van der Waals surface area contributed by atoms with Gasteiger partial charge < -0.3 is 19.5 Å². The molecule has 0 aliphatic heterocycles. The van der Waals surface area contributed by atoms with Crippen molar-refractivity contribution in [3.05, 3.63) is 30.9 Å². The minimum absolute atomic E-state index is 0.203. The maximum atomic E-state index is 9.20. The molecule has 1 unspecified atom stereocenters. The van der Waals surface area contributed by atoms with Gasteiger partial charge in [0.05, 0.1) is 7.11 Å². The molecule has 0 fully saturated rings. The van der Waals surface area contributed by atoms with Crippen molar-refractivity contribution in [3.63, 3.8) is 0 Å². The van der Waals surface area contributed by atoms with E-state index in [-0.39, 0.29) is 11.6 Å². The van der Waals surface area contributed by atoms with Crippen LogP contribution in [0.2, 0.25) is 0 Å². The molecule has 1 aromatic carbocycles. The monoisotopic (exact) mass is 222 g/mol. The van der Waals surface area contributed by atoms with Gasteiger partial charge in [0, 0.05) is 5.46 Å². The summed E-state index contributed by atoms with van der Waals surface area (Å²) in [4.78, 5) is 0. The largest absolute Gasteiger partial charge is 0.497 e. The fourth-order valence-corrected chi connectivity index (χ4v) is 1.21. The van der Waals surface area contributed by atoms with Crippen LogP contribution in [0.3, 0.4) is 0 Å². The van der Waals surface area contributed by atoms with E-state index in [9.17, 15) is 10.0 Å². The molecule has 0 saturated heterocycles. The summed E-state index contributed by atoms with van der Waals surface area (Å²) < 4.78 is 10.5. The Morgan fingerprint density at radius 2 is 2.12 bits per heavy atom. The van der Waals surface area contributed by atoms with E-state index >= 15 is 0 Å². The molecule has 0 aromatic heterocycles. The third-order valence-electron chi connectivity index (χ3n) is 2.14. The Balaban J connectivity index is 3.02. The highest BCUT2D eigenvalue weighted by Gasteiger charge is 2.19. The Kier molecular flexibility index (Phi) is 4.40. The van der Waals surface area contributed by atoms with Crippen LogP contribution in [0.5, 0.6) is 11.5 Å². The Morgan fingerprint density at radius 1 is 1.44 bits per heavy atom. The van der Waals surface area contributed by atoms with Crippen LogP contribution in [0.4, 0.5) is 0 Å². The molecule has 2 N–H and O–H groups in total. The van der Waals surface area contributed by atoms with E-state index in [1.807, 2.05) is 6.92 Å². The quantitative estimate of drug-likeness (QED) is 0.556. The topological polar surface area (TPSA) is 58.9 Å². The van der Waals surface area contributed by atoms with Gasteiger partial charge in [0.2, 0.25) is 0 Å². The van der Waals surface area contributed by atoms with E-state index in [1.165, 1.54) is 13.2 Å². The molecule has 5 heteroatoms. The fraction of sp³-hybridized carbons (Fsp3) is 0.273. The average molecular weight is 222 g/mol. The van der Waals surface area contributed by atoms with Crippen LogP contribution in [0, 0.1) is 0 Å². The molecule has 1 rings (SSSR count). The lowest BCUT2D eigenvalue weighted by Crippen LogP contribution is -2.32. The van der Waals surface area contributed by atoms with Crippen molar-refractivity contribution in [2.24, 2.45) is 0 Å². The van der Waals surface area contributed by atoms with Crippen molar-refractivity contribution in [2.45, 2.75) is 13.0 Å². The molecular weight excluding hydrogens is 207 g/mol. The molecule has 0 saturated carbocycles. The molecule has 4 nitrogen and oxygen atoms in total. The van der Waals surface area contributed by atoms with Crippen LogP contribution in [0.1, 0.15) is 6.92 Å². The highest BCUT2D eigenvalue weighted by molar-refractivity contribution is 6.59. The molecule has 0 heterocycles. The normalized spacial score (nSPS) is 11.8. The Bertz CT molecular complexity index is 365. The van der Waals surface area contributed by atoms with Crippen LogP contribution < -0.4 is 14.9 Å². The molecule has 1 atom stereocenters. The molecule has 16 heavy (non-hydrogen) atoms. The summed E-state index contributed by atoms with van der Waals surface area (Å²) in [5.74, 6) is 0.949. The predicted molar refractivity (Wildman–Crippen MR) is 63.1 cm³/mol. The van der Waals surface area contributed by atoms with E-state index in [2.05, 4.69) is 6.58 Å². The number of hydrogen-bond donors (Lipinski definition) is 2. The van der Waals surface area contributed by atoms with Crippen molar-refractivity contribution in [1.29, 1.82) is 0 Å². The third-order valence-corrected chi connectivity index (χ3v) is 2.14. The van der Waals surface area contributed by atoms with Crippen molar-refractivity contribution in [3.8, 4) is 11.5 Å². The Morgan fingerprint density at radius 3 is 2.62 bits per heavy atom. The Hall–Kier alpha value is -1.46. The molecule has 0 amide bonds. The van der Waals surface area contributed by atoms with Gasteiger partial charge in [-0.3, -0.25) is 0 Å². The highest BCUT2D eigenvalue weighted by Crippen LogP contribution is 2.17. The zero-order chi connectivity index (χ0) is 12.1. The second kappa shape index (κ2) is 5.58. The smallest absolute Gasteiger partial charge is 0.492 e. The summed E-state index contributed by atoms with van der Waals surface area (Å²) in [7, 11) is -0.0856. The highest BCUT2D eigenvalue weighted by atomic mass is 16.5. The van der Waals surface area contributed by atoms with Gasteiger partial charge in [0.25, 0.3) is 0 Å². The van der Waals surface area contributed by atoms with Crippen LogP contribution in [0.25, 0.3) is 0 Å². The molecule has 0 bridgehead atoms. The molecule has 86 valence electrons. The standard InChI is InChI=1S/C11H15BO4/c1-4-8(2)16-11-6-5-9(15-3)7-10(11)12(13)14/h4-8,13-14H,1H2,2-3H3. The average Bonchev–Trinajstić information content (AvgIpc) is 2.29. The van der Waals surface area contributed by atoms with E-state index in [4.69, 9.17) is 9.47 Å². The van der Waals surface area contributed by atoms with Crippen LogP contribution >= 0.6 is 0 Å². The molecule has 0 spiro atoms. The summed E-state index contributed by atoms with van der Waals surface area (Å²) in [5, 5.41) is 18.4. The predicted octanol–water partition coefficient (Wildman–Crippen LogP) is 0.328. The first kappa shape index (κ1) is 12.6. The van der Waals surface area contributed by atoms with Crippen LogP contribution in [0.15, 0.2) is 30.9 Å². The van der Waals surface area contributed by atoms with E-state index < -0.39 is 7.12 Å². The van der Waals surface area contributed by atoms with Gasteiger partial charge in [-0.05, 0) is 25.1 Å². The number of hydrogen-bond acceptors (Lipinski definition) is 4. The van der Waals surface area contributed by atoms with Gasteiger partial charge in [-0.2, -0.15) is 0 Å². The first-order valence-electron chi connectivity index (χ1n) is 4.91. The number of benzene rings is 1. The van der Waals surface area contributed by atoms with Crippen molar-refractivity contribution >= 4 is 12.6 Å². The first-order valence-corrected chi connectivity index (χ1v) is 4.91. The maximum Gasteiger partial charge on any atom is 0.492 e. The molecule has 0 aliphatic carbocycles. The number of ether oxygens (including phenoxy) is 2. The second-order valence-electron chi connectivity index (χ2n) is 3.34. The maximum absolute atomic E-state index is 9.20. The number of rotatable bonds is 5. The zero-order valence-corrected chi connectivity index (χ0v) is 9.38. The summed E-state index contributed by atoms with van der Waals surface area (Å²) in [5.41, 5.74) is 0.271. The zero-order valence-electron chi connectivity index (χ0n) is 9.38. The van der Waals surface area contributed by atoms with Crippen molar-refractivity contribution < 1.29 is 19.5 Å². The molecule has 0 aliphatic rings. The summed E-state index contributed by atoms with van der Waals surface area (Å²) >= 11 is 0. The van der Waals surface area contributed by atoms with Gasteiger partial charge in [-0.25, -0.2) is 0 Å². The minimum atomic E-state index is -1.60. The Labute approximate surface area is 95.3 Å². The lowest BCUT2D eigenvalue weighted by atomic mass is 9.79. The van der Waals surface area contributed by atoms with Gasteiger partial charge in [0.1, 0.15) is 17.6 Å². The molecular formula is C11H15BO4. The summed E-state index contributed by atoms with van der Waals surface area (Å²) in [6, 6.07) is 4.85. The van der Waals surface area contributed by atoms with E-state index in [0.717, 1.165) is 0 Å². The van der Waals surface area contributed by atoms with E-state index in [1.54, 1.807) is 18.2 Å². The van der Waals surface area contributed by atoms with Crippen molar-refractivity contribution in [2.75, 3.05) is 7.11 Å². The number of methoxy groups -OCH3 is 1. The van der Waals surface area contributed by atoms with Gasteiger partial charge in [-0.15, -0.1) is 0 Å². The van der Waals surface area contributed by atoms with Crippen molar-refractivity contribution in [1.82, 2.24) is 0 Å². The summed E-state index contributed by atoms with van der Waals surface area (Å²) in [6.07, 6.45) is 1.42. The fourth-order valence-electron chi connectivity index (χ4n) is 1.21. The minimum Gasteiger partial charge on any atom is -0.497 e. The van der Waals surface area contributed by atoms with Crippen LogP contribution in [-0.2, 0) is 0 Å². The lowest BCUT2D eigenvalue weighted by Gasteiger charge is -2.15. The molecule has 1 aromatic rings. The van der Waals surface area contributed by atoms with E-state index in [0.29, 0.717) is 11.5 Å². The van der Waals surface area contributed by atoms with Crippen LogP contribution in [-0.4, -0.2) is 30.4 Å².